The van der Waals surface area contributed by atoms with Gasteiger partial charge in [-0.3, -0.25) is 4.90 Å². The van der Waals surface area contributed by atoms with Crippen molar-refractivity contribution in [3.05, 3.63) is 29.8 Å². The summed E-state index contributed by atoms with van der Waals surface area (Å²) in [7, 11) is -1.41. The normalized spacial score (nSPS) is 25.9. The van der Waals surface area contributed by atoms with Crippen LogP contribution in [0.5, 0.6) is 5.75 Å². The third-order valence-corrected chi connectivity index (χ3v) is 7.36. The highest BCUT2D eigenvalue weighted by Crippen LogP contribution is 2.26. The van der Waals surface area contributed by atoms with Crippen LogP contribution in [0.25, 0.3) is 0 Å². The molecule has 27 heavy (non-hydrogen) atoms. The number of hydrogen-bond donors (Lipinski definition) is 2. The van der Waals surface area contributed by atoms with Crippen molar-refractivity contribution < 1.29 is 17.9 Å². The van der Waals surface area contributed by atoms with Gasteiger partial charge in [0.15, 0.2) is 9.84 Å². The third-order valence-electron chi connectivity index (χ3n) is 5.46. The van der Waals surface area contributed by atoms with E-state index in [0.717, 1.165) is 37.2 Å². The lowest BCUT2D eigenvalue weighted by Crippen LogP contribution is -2.52. The molecule has 0 unspecified atom stereocenters. The summed E-state index contributed by atoms with van der Waals surface area (Å²) in [6.45, 7) is 4.28. The fraction of sp³-hybridized carbons (Fsp3) is 0.632. The molecule has 1 aromatic rings. The highest BCUT2D eigenvalue weighted by molar-refractivity contribution is 7.91. The summed E-state index contributed by atoms with van der Waals surface area (Å²) in [6.07, 6.45) is 2.78. The number of hydrogen-bond acceptors (Lipinski definition) is 5. The number of rotatable bonds is 6. The van der Waals surface area contributed by atoms with Crippen molar-refractivity contribution in [2.45, 2.75) is 37.8 Å². The molecule has 0 spiro atoms. The number of carbonyl (C=O) groups is 1. The second kappa shape index (κ2) is 8.06. The molecule has 2 N–H and O–H groups in total. The van der Waals surface area contributed by atoms with E-state index in [1.807, 2.05) is 24.3 Å². The van der Waals surface area contributed by atoms with E-state index in [0.29, 0.717) is 13.0 Å². The third kappa shape index (κ3) is 5.13. The first kappa shape index (κ1) is 19.9. The van der Waals surface area contributed by atoms with Crippen LogP contribution >= 0.6 is 0 Å². The SMILES string of the molecule is COc1ccc([C@@H](CNC(=O)N[C@@]2(C)CCS(=O)(=O)C2)N2CCCC2)cc1. The van der Waals surface area contributed by atoms with E-state index >= 15 is 0 Å². The predicted octanol–water partition coefficient (Wildman–Crippen LogP) is 1.71. The molecule has 2 heterocycles. The van der Waals surface area contributed by atoms with E-state index in [4.69, 9.17) is 4.74 Å². The number of likely N-dealkylation sites (tertiary alicyclic amines) is 1. The Morgan fingerprint density at radius 3 is 2.48 bits per heavy atom. The van der Waals surface area contributed by atoms with Crippen LogP contribution in [0.15, 0.2) is 24.3 Å². The number of sulfone groups is 1. The summed E-state index contributed by atoms with van der Waals surface area (Å²) in [5, 5.41) is 5.81. The molecule has 150 valence electrons. The van der Waals surface area contributed by atoms with Crippen LogP contribution in [0.4, 0.5) is 4.79 Å². The van der Waals surface area contributed by atoms with Gasteiger partial charge in [0.1, 0.15) is 5.75 Å². The molecule has 0 bridgehead atoms. The maximum absolute atomic E-state index is 12.4. The van der Waals surface area contributed by atoms with Crippen molar-refractivity contribution in [2.24, 2.45) is 0 Å². The number of benzene rings is 1. The summed E-state index contributed by atoms with van der Waals surface area (Å²) in [4.78, 5) is 14.8. The average molecular weight is 396 g/mol. The van der Waals surface area contributed by atoms with Gasteiger partial charge in [-0.05, 0) is 57.0 Å². The molecular formula is C19H29N3O4S. The number of nitrogens with zero attached hydrogens (tertiary/aromatic N) is 1. The van der Waals surface area contributed by atoms with Crippen molar-refractivity contribution in [1.82, 2.24) is 15.5 Å². The number of nitrogens with one attached hydrogen (secondary N) is 2. The summed E-state index contributed by atoms with van der Waals surface area (Å²) >= 11 is 0. The molecule has 7 nitrogen and oxygen atoms in total. The first-order valence-electron chi connectivity index (χ1n) is 9.45. The van der Waals surface area contributed by atoms with Crippen LogP contribution in [0.1, 0.15) is 37.8 Å². The van der Waals surface area contributed by atoms with Gasteiger partial charge in [-0.25, -0.2) is 13.2 Å². The maximum Gasteiger partial charge on any atom is 0.315 e. The van der Waals surface area contributed by atoms with Crippen molar-refractivity contribution >= 4 is 15.9 Å². The Hall–Kier alpha value is -1.80. The molecule has 2 fully saturated rings. The topological polar surface area (TPSA) is 87.7 Å². The summed E-state index contributed by atoms with van der Waals surface area (Å²) in [6, 6.07) is 7.71. The second-order valence-corrected chi connectivity index (χ2v) is 9.95. The molecule has 2 saturated heterocycles. The van der Waals surface area contributed by atoms with E-state index in [2.05, 4.69) is 15.5 Å². The Labute approximate surface area is 161 Å². The maximum atomic E-state index is 12.4. The summed E-state index contributed by atoms with van der Waals surface area (Å²) < 4.78 is 28.7. The Morgan fingerprint density at radius 1 is 1.26 bits per heavy atom. The summed E-state index contributed by atoms with van der Waals surface area (Å²) in [5.41, 5.74) is 0.444. The number of amides is 2. The van der Waals surface area contributed by atoms with Crippen LogP contribution in [-0.2, 0) is 9.84 Å². The van der Waals surface area contributed by atoms with E-state index < -0.39 is 15.4 Å². The number of ether oxygens (including phenoxy) is 1. The minimum atomic E-state index is -3.06. The lowest BCUT2D eigenvalue weighted by atomic mass is 10.0. The lowest BCUT2D eigenvalue weighted by molar-refractivity contribution is 0.214. The number of carbonyl (C=O) groups excluding carboxylic acids is 1. The molecule has 0 radical (unpaired) electrons. The van der Waals surface area contributed by atoms with Crippen molar-refractivity contribution in [2.75, 3.05) is 38.2 Å². The minimum Gasteiger partial charge on any atom is -0.497 e. The molecule has 0 aromatic heterocycles. The van der Waals surface area contributed by atoms with Crippen LogP contribution in [0.3, 0.4) is 0 Å². The van der Waals surface area contributed by atoms with Crippen molar-refractivity contribution in [1.29, 1.82) is 0 Å². The van der Waals surface area contributed by atoms with Gasteiger partial charge in [0.2, 0.25) is 0 Å². The van der Waals surface area contributed by atoms with Crippen molar-refractivity contribution in [3.63, 3.8) is 0 Å². The second-order valence-electron chi connectivity index (χ2n) is 7.77. The number of urea groups is 1. The van der Waals surface area contributed by atoms with Gasteiger partial charge in [0, 0.05) is 6.54 Å². The van der Waals surface area contributed by atoms with Crippen LogP contribution in [-0.4, -0.2) is 63.1 Å². The first-order valence-corrected chi connectivity index (χ1v) is 11.3. The summed E-state index contributed by atoms with van der Waals surface area (Å²) in [5.74, 6) is 0.938. The van der Waals surface area contributed by atoms with Gasteiger partial charge < -0.3 is 15.4 Å². The molecule has 0 aliphatic carbocycles. The first-order chi connectivity index (χ1) is 12.8. The molecule has 3 rings (SSSR count). The molecule has 2 atom stereocenters. The quantitative estimate of drug-likeness (QED) is 0.766. The molecule has 2 aliphatic heterocycles. The van der Waals surface area contributed by atoms with Crippen LogP contribution in [0.2, 0.25) is 0 Å². The van der Waals surface area contributed by atoms with Gasteiger partial charge in [0.05, 0.1) is 30.2 Å². The van der Waals surface area contributed by atoms with Gasteiger partial charge in [-0.2, -0.15) is 0 Å². The highest BCUT2D eigenvalue weighted by atomic mass is 32.2. The predicted molar refractivity (Wildman–Crippen MR) is 105 cm³/mol. The average Bonchev–Trinajstić information content (AvgIpc) is 3.23. The van der Waals surface area contributed by atoms with Gasteiger partial charge in [0.25, 0.3) is 0 Å². The Bertz CT molecular complexity index is 760. The molecule has 8 heteroatoms. The molecule has 0 saturated carbocycles. The van der Waals surface area contributed by atoms with Crippen LogP contribution < -0.4 is 15.4 Å². The number of methoxy groups -OCH3 is 1. The Kier molecular flexibility index (Phi) is 5.95. The fourth-order valence-corrected chi connectivity index (χ4v) is 6.05. The zero-order valence-corrected chi connectivity index (χ0v) is 16.8. The molecule has 1 aromatic carbocycles. The monoisotopic (exact) mass is 395 g/mol. The van der Waals surface area contributed by atoms with E-state index in [-0.39, 0.29) is 23.6 Å². The largest absolute Gasteiger partial charge is 0.497 e. The van der Waals surface area contributed by atoms with Gasteiger partial charge in [-0.15, -0.1) is 0 Å². The van der Waals surface area contributed by atoms with Crippen LogP contribution in [0, 0.1) is 0 Å². The minimum absolute atomic E-state index is 0.00144. The molecule has 2 aliphatic rings. The van der Waals surface area contributed by atoms with E-state index in [1.165, 1.54) is 0 Å². The fourth-order valence-electron chi connectivity index (χ4n) is 3.95. The van der Waals surface area contributed by atoms with Gasteiger partial charge in [-0.1, -0.05) is 12.1 Å². The van der Waals surface area contributed by atoms with E-state index in [1.54, 1.807) is 14.0 Å². The zero-order valence-electron chi connectivity index (χ0n) is 16.0. The standard InChI is InChI=1S/C19H29N3O4S/c1-19(9-12-27(24,25)14-19)21-18(23)20-13-17(22-10-3-4-11-22)15-5-7-16(26-2)8-6-15/h5-8,17H,3-4,9-14H2,1-2H3,(H2,20,21,23)/t17-,19+/m1/s1. The zero-order chi connectivity index (χ0) is 19.5. The van der Waals surface area contributed by atoms with Crippen molar-refractivity contribution in [3.8, 4) is 5.75 Å². The Morgan fingerprint density at radius 2 is 1.93 bits per heavy atom. The molecular weight excluding hydrogens is 366 g/mol. The lowest BCUT2D eigenvalue weighted by Gasteiger charge is -2.29. The smallest absolute Gasteiger partial charge is 0.315 e. The Balaban J connectivity index is 1.63. The van der Waals surface area contributed by atoms with Gasteiger partial charge >= 0.3 is 6.03 Å². The highest BCUT2D eigenvalue weighted by Gasteiger charge is 2.39. The molecule has 2 amide bonds. The van der Waals surface area contributed by atoms with E-state index in [9.17, 15) is 13.2 Å².